The molecule has 0 aliphatic rings. The highest BCUT2D eigenvalue weighted by molar-refractivity contribution is 5.79. The largest absolute Gasteiger partial charge is 0.481 e. The van der Waals surface area contributed by atoms with Crippen molar-refractivity contribution in [2.45, 2.75) is 0 Å². The number of nitriles is 1. The lowest BCUT2D eigenvalue weighted by Gasteiger charge is -2.06. The fourth-order valence-electron chi connectivity index (χ4n) is 1.01. The first-order chi connectivity index (χ1) is 8.13. The summed E-state index contributed by atoms with van der Waals surface area (Å²) in [6, 6.07) is 8.38. The second kappa shape index (κ2) is 6.12. The molecule has 1 aromatic rings. The van der Waals surface area contributed by atoms with Crippen LogP contribution in [0.25, 0.3) is 0 Å². The van der Waals surface area contributed by atoms with E-state index in [0.717, 1.165) is 0 Å². The third-order valence-electron chi connectivity index (χ3n) is 1.73. The van der Waals surface area contributed by atoms with Crippen molar-refractivity contribution in [1.29, 1.82) is 5.26 Å². The van der Waals surface area contributed by atoms with Gasteiger partial charge in [0.25, 0.3) is 5.91 Å². The normalized spacial score (nSPS) is 9.12. The number of hydrogen-bond donors (Lipinski definition) is 1. The van der Waals surface area contributed by atoms with Crippen LogP contribution in [0.2, 0.25) is 0 Å². The van der Waals surface area contributed by atoms with Gasteiger partial charge < -0.3 is 15.2 Å². The van der Waals surface area contributed by atoms with Gasteiger partial charge in [0.1, 0.15) is 11.8 Å². The summed E-state index contributed by atoms with van der Waals surface area (Å²) in [5.41, 5.74) is 5.11. The van der Waals surface area contributed by atoms with Crippen LogP contribution in [0, 0.1) is 11.3 Å². The number of carbonyl (C=O) groups excluding carboxylic acids is 2. The Labute approximate surface area is 97.5 Å². The molecule has 1 aromatic carbocycles. The Morgan fingerprint density at radius 2 is 2.00 bits per heavy atom. The zero-order chi connectivity index (χ0) is 12.7. The van der Waals surface area contributed by atoms with E-state index in [9.17, 15) is 9.59 Å². The van der Waals surface area contributed by atoms with Crippen molar-refractivity contribution in [2.24, 2.45) is 5.73 Å². The van der Waals surface area contributed by atoms with Gasteiger partial charge in [-0.3, -0.25) is 4.79 Å². The number of primary amides is 1. The molecule has 1 rings (SSSR count). The van der Waals surface area contributed by atoms with Crippen LogP contribution < -0.4 is 10.5 Å². The van der Waals surface area contributed by atoms with E-state index in [2.05, 4.69) is 4.74 Å². The Morgan fingerprint density at radius 3 is 2.65 bits per heavy atom. The molecular formula is C11H10N2O4. The molecule has 6 nitrogen and oxygen atoms in total. The lowest BCUT2D eigenvalue weighted by Crippen LogP contribution is -2.23. The fourth-order valence-corrected chi connectivity index (χ4v) is 1.01. The van der Waals surface area contributed by atoms with E-state index in [1.54, 1.807) is 24.3 Å². The van der Waals surface area contributed by atoms with Crippen molar-refractivity contribution in [2.75, 3.05) is 13.2 Å². The van der Waals surface area contributed by atoms with Crippen molar-refractivity contribution < 1.29 is 19.1 Å². The van der Waals surface area contributed by atoms with Gasteiger partial charge in [0, 0.05) is 0 Å². The van der Waals surface area contributed by atoms with Gasteiger partial charge in [-0.25, -0.2) is 4.79 Å². The Hall–Kier alpha value is -2.55. The molecule has 0 aliphatic carbocycles. The minimum Gasteiger partial charge on any atom is -0.481 e. The SMILES string of the molecule is N#Cc1ccccc1OCC(=O)OCC(N)=O. The van der Waals surface area contributed by atoms with E-state index in [1.807, 2.05) is 6.07 Å². The molecule has 0 saturated carbocycles. The Morgan fingerprint density at radius 1 is 1.29 bits per heavy atom. The number of carbonyl (C=O) groups is 2. The number of amides is 1. The molecule has 0 heterocycles. The van der Waals surface area contributed by atoms with Crippen molar-refractivity contribution in [3.05, 3.63) is 29.8 Å². The zero-order valence-corrected chi connectivity index (χ0v) is 8.88. The molecule has 6 heteroatoms. The summed E-state index contributed by atoms with van der Waals surface area (Å²) in [4.78, 5) is 21.4. The Kier molecular flexibility index (Phi) is 4.51. The van der Waals surface area contributed by atoms with Crippen LogP contribution in [0.1, 0.15) is 5.56 Å². The van der Waals surface area contributed by atoms with Crippen LogP contribution in [-0.4, -0.2) is 25.1 Å². The number of ether oxygens (including phenoxy) is 2. The molecule has 1 amide bonds. The highest BCUT2D eigenvalue weighted by Gasteiger charge is 2.08. The number of esters is 1. The van der Waals surface area contributed by atoms with Crippen molar-refractivity contribution in [3.8, 4) is 11.8 Å². The zero-order valence-electron chi connectivity index (χ0n) is 8.88. The van der Waals surface area contributed by atoms with E-state index in [1.165, 1.54) is 0 Å². The van der Waals surface area contributed by atoms with Crippen molar-refractivity contribution >= 4 is 11.9 Å². The van der Waals surface area contributed by atoms with Crippen LogP contribution in [0.15, 0.2) is 24.3 Å². The summed E-state index contributed by atoms with van der Waals surface area (Å²) < 4.78 is 9.55. The number of nitrogens with two attached hydrogens (primary N) is 1. The maximum Gasteiger partial charge on any atom is 0.344 e. The monoisotopic (exact) mass is 234 g/mol. The van der Waals surface area contributed by atoms with Gasteiger partial charge in [-0.1, -0.05) is 12.1 Å². The second-order valence-electron chi connectivity index (χ2n) is 3.02. The fraction of sp³-hybridized carbons (Fsp3) is 0.182. The van der Waals surface area contributed by atoms with E-state index in [0.29, 0.717) is 5.56 Å². The molecule has 0 aliphatic heterocycles. The van der Waals surface area contributed by atoms with Gasteiger partial charge in [-0.15, -0.1) is 0 Å². The summed E-state index contributed by atoms with van der Waals surface area (Å²) in [7, 11) is 0. The molecule has 0 unspecified atom stereocenters. The van der Waals surface area contributed by atoms with Crippen molar-refractivity contribution in [1.82, 2.24) is 0 Å². The number of rotatable bonds is 5. The topological polar surface area (TPSA) is 102 Å². The number of para-hydroxylation sites is 1. The molecule has 17 heavy (non-hydrogen) atoms. The maximum atomic E-state index is 11.1. The first-order valence-corrected chi connectivity index (χ1v) is 4.69. The van der Waals surface area contributed by atoms with Crippen LogP contribution in [0.4, 0.5) is 0 Å². The van der Waals surface area contributed by atoms with Gasteiger partial charge in [0.15, 0.2) is 13.2 Å². The predicted molar refractivity (Wildman–Crippen MR) is 56.8 cm³/mol. The average molecular weight is 234 g/mol. The molecule has 0 spiro atoms. The molecule has 0 aromatic heterocycles. The summed E-state index contributed by atoms with van der Waals surface area (Å²) in [6.07, 6.45) is 0. The molecule has 0 fully saturated rings. The first-order valence-electron chi connectivity index (χ1n) is 4.69. The van der Waals surface area contributed by atoms with Gasteiger partial charge >= 0.3 is 5.97 Å². The minimum absolute atomic E-state index is 0.283. The molecular weight excluding hydrogens is 224 g/mol. The van der Waals surface area contributed by atoms with Gasteiger partial charge in [-0.05, 0) is 12.1 Å². The quantitative estimate of drug-likeness (QED) is 0.720. The molecule has 0 atom stereocenters. The average Bonchev–Trinajstić information content (AvgIpc) is 2.34. The summed E-state index contributed by atoms with van der Waals surface area (Å²) >= 11 is 0. The Bertz CT molecular complexity index is 465. The van der Waals surface area contributed by atoms with Gasteiger partial charge in [-0.2, -0.15) is 5.26 Å². The van der Waals surface area contributed by atoms with Gasteiger partial charge in [0.2, 0.25) is 0 Å². The van der Waals surface area contributed by atoms with E-state index in [-0.39, 0.29) is 12.4 Å². The smallest absolute Gasteiger partial charge is 0.344 e. The maximum absolute atomic E-state index is 11.1. The standard InChI is InChI=1S/C11H10N2O4/c12-5-8-3-1-2-4-9(8)16-7-11(15)17-6-10(13)14/h1-4H,6-7H2,(H2,13,14). The number of benzene rings is 1. The molecule has 0 radical (unpaired) electrons. The molecule has 0 saturated heterocycles. The Balaban J connectivity index is 2.48. The lowest BCUT2D eigenvalue weighted by molar-refractivity contribution is -0.149. The summed E-state index contributed by atoms with van der Waals surface area (Å²) in [6.45, 7) is -0.867. The third kappa shape index (κ3) is 4.22. The minimum atomic E-state index is -0.740. The highest BCUT2D eigenvalue weighted by Crippen LogP contribution is 2.16. The predicted octanol–water partition coefficient (Wildman–Crippen LogP) is -0.0344. The van der Waals surface area contributed by atoms with Crippen LogP contribution in [0.3, 0.4) is 0 Å². The first kappa shape index (κ1) is 12.5. The van der Waals surface area contributed by atoms with Crippen molar-refractivity contribution in [3.63, 3.8) is 0 Å². The van der Waals surface area contributed by atoms with Crippen LogP contribution in [-0.2, 0) is 14.3 Å². The summed E-state index contributed by atoms with van der Waals surface area (Å²) in [5.74, 6) is -1.18. The highest BCUT2D eigenvalue weighted by atomic mass is 16.6. The molecule has 0 bridgehead atoms. The molecule has 2 N–H and O–H groups in total. The van der Waals surface area contributed by atoms with E-state index in [4.69, 9.17) is 15.7 Å². The van der Waals surface area contributed by atoms with Crippen LogP contribution in [0.5, 0.6) is 5.75 Å². The lowest BCUT2D eigenvalue weighted by atomic mass is 10.2. The third-order valence-corrected chi connectivity index (χ3v) is 1.73. The number of nitrogens with zero attached hydrogens (tertiary/aromatic N) is 1. The van der Waals surface area contributed by atoms with E-state index < -0.39 is 18.5 Å². The number of hydrogen-bond acceptors (Lipinski definition) is 5. The molecule has 88 valence electrons. The second-order valence-corrected chi connectivity index (χ2v) is 3.02. The van der Waals surface area contributed by atoms with E-state index >= 15 is 0 Å². The van der Waals surface area contributed by atoms with Gasteiger partial charge in [0.05, 0.1) is 5.56 Å². The summed E-state index contributed by atoms with van der Waals surface area (Å²) in [5, 5.41) is 8.75. The van der Waals surface area contributed by atoms with Crippen LogP contribution >= 0.6 is 0 Å².